The van der Waals surface area contributed by atoms with Gasteiger partial charge in [0.1, 0.15) is 6.07 Å². The molecule has 0 aliphatic rings. The summed E-state index contributed by atoms with van der Waals surface area (Å²) in [4.78, 5) is 10.6. The van der Waals surface area contributed by atoms with E-state index in [2.05, 4.69) is 21.2 Å². The maximum absolute atomic E-state index is 14.0. The van der Waals surface area contributed by atoms with Crippen LogP contribution in [0.1, 0.15) is 38.2 Å². The number of hydrogen-bond acceptors (Lipinski definition) is 3. The Labute approximate surface area is 132 Å². The summed E-state index contributed by atoms with van der Waals surface area (Å²) in [7, 11) is 0. The summed E-state index contributed by atoms with van der Waals surface area (Å²) in [5.41, 5.74) is 0.597. The van der Waals surface area contributed by atoms with Gasteiger partial charge in [0.15, 0.2) is 5.82 Å². The van der Waals surface area contributed by atoms with E-state index in [9.17, 15) is 9.18 Å². The molecule has 0 fully saturated rings. The van der Waals surface area contributed by atoms with Gasteiger partial charge in [0.05, 0.1) is 15.7 Å². The van der Waals surface area contributed by atoms with Gasteiger partial charge in [-0.15, -0.1) is 0 Å². The Bertz CT molecular complexity index is 543. The lowest BCUT2D eigenvalue weighted by molar-refractivity contribution is -0.137. The lowest BCUT2D eigenvalue weighted by Crippen LogP contribution is -2.11. The van der Waals surface area contributed by atoms with E-state index in [1.54, 1.807) is 6.07 Å². The zero-order chi connectivity index (χ0) is 15.8. The highest BCUT2D eigenvalue weighted by Crippen LogP contribution is 2.27. The normalized spacial score (nSPS) is 11.7. The van der Waals surface area contributed by atoms with Crippen LogP contribution in [0.15, 0.2) is 16.6 Å². The van der Waals surface area contributed by atoms with Crippen LogP contribution in [0.2, 0.25) is 0 Å². The number of nitriles is 1. The summed E-state index contributed by atoms with van der Waals surface area (Å²) < 4.78 is 14.1. The third-order valence-electron chi connectivity index (χ3n) is 3.41. The number of carbonyl (C=O) groups is 1. The summed E-state index contributed by atoms with van der Waals surface area (Å²) in [5, 5.41) is 20.5. The molecule has 21 heavy (non-hydrogen) atoms. The monoisotopic (exact) mass is 356 g/mol. The van der Waals surface area contributed by atoms with Crippen molar-refractivity contribution in [1.29, 1.82) is 5.26 Å². The van der Waals surface area contributed by atoms with Gasteiger partial charge < -0.3 is 10.4 Å². The van der Waals surface area contributed by atoms with Gasteiger partial charge in [0, 0.05) is 13.0 Å². The Morgan fingerprint density at radius 2 is 2.24 bits per heavy atom. The predicted molar refractivity (Wildman–Crippen MR) is 82.6 cm³/mol. The van der Waals surface area contributed by atoms with Crippen LogP contribution in [0.25, 0.3) is 0 Å². The summed E-state index contributed by atoms with van der Waals surface area (Å²) >= 11 is 3.06. The largest absolute Gasteiger partial charge is 0.481 e. The zero-order valence-corrected chi connectivity index (χ0v) is 13.4. The molecule has 0 spiro atoms. The van der Waals surface area contributed by atoms with E-state index in [0.29, 0.717) is 24.6 Å². The minimum Gasteiger partial charge on any atom is -0.481 e. The number of halogens is 2. The van der Waals surface area contributed by atoms with E-state index in [4.69, 9.17) is 10.4 Å². The van der Waals surface area contributed by atoms with Crippen LogP contribution in [0.5, 0.6) is 0 Å². The first-order valence-corrected chi connectivity index (χ1v) is 7.62. The molecule has 1 rings (SSSR count). The molecular formula is C15H18BrFN2O2. The van der Waals surface area contributed by atoms with Crippen molar-refractivity contribution in [2.75, 3.05) is 11.9 Å². The summed E-state index contributed by atoms with van der Waals surface area (Å²) in [6.45, 7) is 2.58. The maximum Gasteiger partial charge on any atom is 0.303 e. The smallest absolute Gasteiger partial charge is 0.303 e. The number of nitrogens with one attached hydrogen (secondary N) is 1. The number of nitrogens with zero attached hydrogens (tertiary/aromatic N) is 1. The van der Waals surface area contributed by atoms with Crippen molar-refractivity contribution in [1.82, 2.24) is 0 Å². The first-order chi connectivity index (χ1) is 9.99. The standard InChI is InChI=1S/C15H18BrFN2O2/c1-2-10(3-6-13(20)21)7-8-19-12-5-4-11(9-18)14(16)15(12)17/h4-5,10,19H,2-3,6-8H2,1H3,(H,20,21). The van der Waals surface area contributed by atoms with Crippen LogP contribution in [0.3, 0.4) is 0 Å². The van der Waals surface area contributed by atoms with Gasteiger partial charge in [0.25, 0.3) is 0 Å². The number of hydrogen-bond donors (Lipinski definition) is 2. The number of anilines is 1. The van der Waals surface area contributed by atoms with Crippen LogP contribution in [0, 0.1) is 23.1 Å². The Morgan fingerprint density at radius 3 is 2.81 bits per heavy atom. The quantitative estimate of drug-likeness (QED) is 0.733. The van der Waals surface area contributed by atoms with Crippen molar-refractivity contribution in [2.45, 2.75) is 32.6 Å². The van der Waals surface area contributed by atoms with E-state index < -0.39 is 11.8 Å². The number of aliphatic carboxylic acids is 1. The average Bonchev–Trinajstić information content (AvgIpc) is 2.46. The number of carboxylic acid groups (broad SMARTS) is 1. The molecule has 0 amide bonds. The molecule has 114 valence electrons. The van der Waals surface area contributed by atoms with Gasteiger partial charge in [-0.05, 0) is 46.8 Å². The first kappa shape index (κ1) is 17.4. The third-order valence-corrected chi connectivity index (χ3v) is 4.19. The minimum absolute atomic E-state index is 0.160. The van der Waals surface area contributed by atoms with E-state index in [1.165, 1.54) is 6.07 Å². The first-order valence-electron chi connectivity index (χ1n) is 6.83. The Morgan fingerprint density at radius 1 is 1.52 bits per heavy atom. The Hall–Kier alpha value is -1.61. The fourth-order valence-corrected chi connectivity index (χ4v) is 2.50. The molecule has 1 aromatic rings. The van der Waals surface area contributed by atoms with Crippen LogP contribution in [-0.4, -0.2) is 17.6 Å². The Balaban J connectivity index is 2.54. The summed E-state index contributed by atoms with van der Waals surface area (Å²) in [6, 6.07) is 5.00. The molecule has 0 aliphatic carbocycles. The lowest BCUT2D eigenvalue weighted by Gasteiger charge is -2.15. The molecule has 1 aromatic carbocycles. The molecular weight excluding hydrogens is 339 g/mol. The second kappa shape index (κ2) is 8.63. The molecule has 0 saturated heterocycles. The third kappa shape index (κ3) is 5.35. The van der Waals surface area contributed by atoms with Gasteiger partial charge in [-0.3, -0.25) is 4.79 Å². The van der Waals surface area contributed by atoms with Gasteiger partial charge in [-0.25, -0.2) is 4.39 Å². The van der Waals surface area contributed by atoms with E-state index in [0.717, 1.165) is 12.8 Å². The highest BCUT2D eigenvalue weighted by molar-refractivity contribution is 9.10. The SMILES string of the molecule is CCC(CCNc1ccc(C#N)c(Br)c1F)CCC(=O)O. The van der Waals surface area contributed by atoms with Crippen LogP contribution in [0.4, 0.5) is 10.1 Å². The number of benzene rings is 1. The van der Waals surface area contributed by atoms with E-state index in [-0.39, 0.29) is 16.5 Å². The van der Waals surface area contributed by atoms with Crippen LogP contribution < -0.4 is 5.32 Å². The topological polar surface area (TPSA) is 73.1 Å². The predicted octanol–water partition coefficient (Wildman–Crippen LogP) is 4.15. The van der Waals surface area contributed by atoms with E-state index in [1.807, 2.05) is 13.0 Å². The molecule has 0 aromatic heterocycles. The lowest BCUT2D eigenvalue weighted by atomic mass is 9.96. The second-order valence-electron chi connectivity index (χ2n) is 4.82. The molecule has 1 atom stereocenters. The van der Waals surface area contributed by atoms with Crippen molar-refractivity contribution in [3.05, 3.63) is 28.0 Å². The fourth-order valence-electron chi connectivity index (χ4n) is 2.06. The molecule has 2 N–H and O–H groups in total. The molecule has 0 saturated carbocycles. The highest BCUT2D eigenvalue weighted by Gasteiger charge is 2.12. The van der Waals surface area contributed by atoms with Gasteiger partial charge >= 0.3 is 5.97 Å². The number of carboxylic acids is 1. The van der Waals surface area contributed by atoms with Crippen molar-refractivity contribution in [3.8, 4) is 6.07 Å². The molecule has 6 heteroatoms. The average molecular weight is 357 g/mol. The van der Waals surface area contributed by atoms with Crippen molar-refractivity contribution >= 4 is 27.6 Å². The molecule has 0 radical (unpaired) electrons. The van der Waals surface area contributed by atoms with Crippen LogP contribution >= 0.6 is 15.9 Å². The molecule has 0 bridgehead atoms. The molecule has 4 nitrogen and oxygen atoms in total. The van der Waals surface area contributed by atoms with Crippen molar-refractivity contribution in [3.63, 3.8) is 0 Å². The number of rotatable bonds is 8. The molecule has 1 unspecified atom stereocenters. The van der Waals surface area contributed by atoms with Crippen molar-refractivity contribution in [2.24, 2.45) is 5.92 Å². The highest BCUT2D eigenvalue weighted by atomic mass is 79.9. The van der Waals surface area contributed by atoms with Gasteiger partial charge in [0.2, 0.25) is 0 Å². The minimum atomic E-state index is -0.788. The van der Waals surface area contributed by atoms with E-state index >= 15 is 0 Å². The van der Waals surface area contributed by atoms with Gasteiger partial charge in [-0.1, -0.05) is 13.3 Å². The Kier molecular flexibility index (Phi) is 7.17. The molecule has 0 aliphatic heterocycles. The zero-order valence-electron chi connectivity index (χ0n) is 11.8. The summed E-state index contributed by atoms with van der Waals surface area (Å²) in [6.07, 6.45) is 2.47. The summed E-state index contributed by atoms with van der Waals surface area (Å²) in [5.74, 6) is -0.963. The van der Waals surface area contributed by atoms with Crippen molar-refractivity contribution < 1.29 is 14.3 Å². The second-order valence-corrected chi connectivity index (χ2v) is 5.62. The van der Waals surface area contributed by atoms with Crippen LogP contribution in [-0.2, 0) is 4.79 Å². The maximum atomic E-state index is 14.0. The fraction of sp³-hybridized carbons (Fsp3) is 0.467. The molecule has 0 heterocycles. The van der Waals surface area contributed by atoms with Gasteiger partial charge in [-0.2, -0.15) is 5.26 Å².